The Morgan fingerprint density at radius 2 is 2.16 bits per heavy atom. The number of aromatic nitrogens is 2. The third-order valence-corrected chi connectivity index (χ3v) is 2.98. The summed E-state index contributed by atoms with van der Waals surface area (Å²) in [5, 5.41) is 0. The van der Waals surface area contributed by atoms with Crippen LogP contribution in [0.4, 0.5) is 10.2 Å². The molecule has 0 aliphatic heterocycles. The molecule has 19 heavy (non-hydrogen) atoms. The van der Waals surface area contributed by atoms with Crippen LogP contribution in [0.5, 0.6) is 11.6 Å². The molecular formula is C12H12BrFN4O. The Kier molecular flexibility index (Phi) is 4.28. The van der Waals surface area contributed by atoms with E-state index < -0.39 is 0 Å². The van der Waals surface area contributed by atoms with Crippen LogP contribution < -0.4 is 16.0 Å². The number of rotatable bonds is 4. The van der Waals surface area contributed by atoms with Crippen molar-refractivity contribution in [1.82, 2.24) is 9.97 Å². The summed E-state index contributed by atoms with van der Waals surface area (Å²) >= 11 is 3.28. The van der Waals surface area contributed by atoms with E-state index in [0.29, 0.717) is 34.2 Å². The second kappa shape index (κ2) is 5.94. The molecule has 0 fully saturated rings. The van der Waals surface area contributed by atoms with Gasteiger partial charge in [0.15, 0.2) is 0 Å². The third kappa shape index (κ3) is 3.39. The molecule has 1 aromatic heterocycles. The summed E-state index contributed by atoms with van der Waals surface area (Å²) in [6.07, 6.45) is 0.635. The fraction of sp³-hybridized carbons (Fsp3) is 0.167. The number of hydrogen-bond donors (Lipinski definition) is 2. The second-order valence-corrected chi connectivity index (χ2v) is 4.54. The first-order valence-corrected chi connectivity index (χ1v) is 6.39. The Hall–Kier alpha value is -1.73. The SMILES string of the molecule is CCc1nc(NN)cc(Oc2cc(F)ccc2Br)n1. The van der Waals surface area contributed by atoms with Crippen LogP contribution in [0.2, 0.25) is 0 Å². The van der Waals surface area contributed by atoms with E-state index in [-0.39, 0.29) is 5.82 Å². The minimum Gasteiger partial charge on any atom is -0.438 e. The van der Waals surface area contributed by atoms with Gasteiger partial charge in [-0.2, -0.15) is 4.98 Å². The van der Waals surface area contributed by atoms with Crippen LogP contribution in [0, 0.1) is 5.82 Å². The molecule has 0 aliphatic rings. The van der Waals surface area contributed by atoms with Crippen molar-refractivity contribution < 1.29 is 9.13 Å². The molecule has 3 N–H and O–H groups in total. The molecule has 1 heterocycles. The molecule has 2 rings (SSSR count). The Labute approximate surface area is 118 Å². The molecule has 0 amide bonds. The number of anilines is 1. The zero-order valence-corrected chi connectivity index (χ0v) is 11.7. The maximum Gasteiger partial charge on any atom is 0.224 e. The van der Waals surface area contributed by atoms with E-state index in [1.165, 1.54) is 18.2 Å². The van der Waals surface area contributed by atoms with Crippen molar-refractivity contribution in [2.45, 2.75) is 13.3 Å². The van der Waals surface area contributed by atoms with Crippen molar-refractivity contribution >= 4 is 21.7 Å². The van der Waals surface area contributed by atoms with Crippen molar-refractivity contribution in [3.8, 4) is 11.6 Å². The van der Waals surface area contributed by atoms with Gasteiger partial charge < -0.3 is 10.2 Å². The highest BCUT2D eigenvalue weighted by Crippen LogP contribution is 2.30. The lowest BCUT2D eigenvalue weighted by Gasteiger charge is -2.09. The monoisotopic (exact) mass is 326 g/mol. The lowest BCUT2D eigenvalue weighted by molar-refractivity contribution is 0.452. The third-order valence-electron chi connectivity index (χ3n) is 2.32. The van der Waals surface area contributed by atoms with Gasteiger partial charge in [-0.05, 0) is 28.1 Å². The molecule has 0 atom stereocenters. The summed E-state index contributed by atoms with van der Waals surface area (Å²) in [5.74, 6) is 6.59. The summed E-state index contributed by atoms with van der Waals surface area (Å²) in [6.45, 7) is 1.91. The molecule has 1 aromatic carbocycles. The van der Waals surface area contributed by atoms with Crippen molar-refractivity contribution in [2.75, 3.05) is 5.43 Å². The molecule has 5 nitrogen and oxygen atoms in total. The number of nitrogens with two attached hydrogens (primary N) is 1. The average Bonchev–Trinajstić information content (AvgIpc) is 2.42. The van der Waals surface area contributed by atoms with Crippen molar-refractivity contribution in [1.29, 1.82) is 0 Å². The molecule has 0 saturated heterocycles. The fourth-order valence-electron chi connectivity index (χ4n) is 1.43. The van der Waals surface area contributed by atoms with Gasteiger partial charge in [0.05, 0.1) is 4.47 Å². The molecule has 2 aromatic rings. The largest absolute Gasteiger partial charge is 0.438 e. The minimum absolute atomic E-state index is 0.297. The topological polar surface area (TPSA) is 73.1 Å². The van der Waals surface area contributed by atoms with Gasteiger partial charge >= 0.3 is 0 Å². The first-order chi connectivity index (χ1) is 9.12. The second-order valence-electron chi connectivity index (χ2n) is 3.68. The molecule has 0 unspecified atom stereocenters. The Morgan fingerprint density at radius 3 is 2.84 bits per heavy atom. The highest BCUT2D eigenvalue weighted by Gasteiger charge is 2.08. The number of nitrogens with one attached hydrogen (secondary N) is 1. The van der Waals surface area contributed by atoms with Gasteiger partial charge in [0.25, 0.3) is 0 Å². The van der Waals surface area contributed by atoms with Gasteiger partial charge in [0.1, 0.15) is 23.2 Å². The number of hydrogen-bond acceptors (Lipinski definition) is 5. The number of nitrogen functional groups attached to an aromatic ring is 1. The lowest BCUT2D eigenvalue weighted by atomic mass is 10.3. The van der Waals surface area contributed by atoms with Crippen LogP contribution in [0.3, 0.4) is 0 Å². The van der Waals surface area contributed by atoms with Gasteiger partial charge in [-0.25, -0.2) is 15.2 Å². The summed E-state index contributed by atoms with van der Waals surface area (Å²) in [5.41, 5.74) is 2.44. The molecule has 100 valence electrons. The number of hydrazine groups is 1. The summed E-state index contributed by atoms with van der Waals surface area (Å²) in [7, 11) is 0. The number of nitrogens with zero attached hydrogens (tertiary/aromatic N) is 2. The van der Waals surface area contributed by atoms with Crippen LogP contribution in [0.15, 0.2) is 28.7 Å². The number of ether oxygens (including phenoxy) is 1. The van der Waals surface area contributed by atoms with E-state index in [9.17, 15) is 4.39 Å². The number of halogens is 2. The smallest absolute Gasteiger partial charge is 0.224 e. The van der Waals surface area contributed by atoms with E-state index in [4.69, 9.17) is 10.6 Å². The van der Waals surface area contributed by atoms with Gasteiger partial charge in [-0.15, -0.1) is 0 Å². The Bertz CT molecular complexity index is 572. The van der Waals surface area contributed by atoms with E-state index in [1.807, 2.05) is 6.92 Å². The summed E-state index contributed by atoms with van der Waals surface area (Å²) < 4.78 is 19.3. The van der Waals surface area contributed by atoms with E-state index >= 15 is 0 Å². The van der Waals surface area contributed by atoms with Crippen molar-refractivity contribution in [2.24, 2.45) is 5.84 Å². The van der Waals surface area contributed by atoms with Gasteiger partial charge in [-0.3, -0.25) is 0 Å². The van der Waals surface area contributed by atoms with E-state index in [0.717, 1.165) is 0 Å². The van der Waals surface area contributed by atoms with Gasteiger partial charge in [0, 0.05) is 18.6 Å². The van der Waals surface area contributed by atoms with Gasteiger partial charge in [-0.1, -0.05) is 6.92 Å². The molecule has 0 spiro atoms. The zero-order valence-electron chi connectivity index (χ0n) is 10.2. The van der Waals surface area contributed by atoms with Crippen LogP contribution in [0.1, 0.15) is 12.7 Å². The predicted molar refractivity (Wildman–Crippen MR) is 73.4 cm³/mol. The van der Waals surface area contributed by atoms with E-state index in [2.05, 4.69) is 31.3 Å². The Balaban J connectivity index is 2.34. The number of benzene rings is 1. The minimum atomic E-state index is -0.389. The molecule has 0 aliphatic carbocycles. The summed E-state index contributed by atoms with van der Waals surface area (Å²) in [6, 6.07) is 5.71. The Morgan fingerprint density at radius 1 is 1.37 bits per heavy atom. The zero-order chi connectivity index (χ0) is 13.8. The average molecular weight is 327 g/mol. The predicted octanol–water partition coefficient (Wildman–Crippen LogP) is 3.02. The standard InChI is InChI=1S/C12H12BrFN4O/c1-2-10-16-11(18-15)6-12(17-10)19-9-5-7(14)3-4-8(9)13/h3-6H,2,15H2,1H3,(H,16,17,18). The summed E-state index contributed by atoms with van der Waals surface area (Å²) in [4.78, 5) is 8.33. The molecular weight excluding hydrogens is 315 g/mol. The van der Waals surface area contributed by atoms with Crippen molar-refractivity contribution in [3.05, 3.63) is 40.4 Å². The normalized spacial score (nSPS) is 10.3. The highest BCUT2D eigenvalue weighted by molar-refractivity contribution is 9.10. The molecule has 0 bridgehead atoms. The van der Waals surface area contributed by atoms with Crippen LogP contribution >= 0.6 is 15.9 Å². The fourth-order valence-corrected chi connectivity index (χ4v) is 1.75. The van der Waals surface area contributed by atoms with Crippen molar-refractivity contribution in [3.63, 3.8) is 0 Å². The van der Waals surface area contributed by atoms with Crippen LogP contribution in [0.25, 0.3) is 0 Å². The van der Waals surface area contributed by atoms with Crippen LogP contribution in [-0.4, -0.2) is 9.97 Å². The molecule has 0 radical (unpaired) electrons. The highest BCUT2D eigenvalue weighted by atomic mass is 79.9. The van der Waals surface area contributed by atoms with E-state index in [1.54, 1.807) is 6.07 Å². The molecule has 0 saturated carbocycles. The maximum atomic E-state index is 13.2. The molecule has 7 heteroatoms. The van der Waals surface area contributed by atoms with Crippen LogP contribution in [-0.2, 0) is 6.42 Å². The number of aryl methyl sites for hydroxylation is 1. The first kappa shape index (κ1) is 13.7. The van der Waals surface area contributed by atoms with Gasteiger partial charge in [0.2, 0.25) is 5.88 Å². The lowest BCUT2D eigenvalue weighted by Crippen LogP contribution is -2.10. The quantitative estimate of drug-likeness (QED) is 0.667. The first-order valence-electron chi connectivity index (χ1n) is 5.60. The maximum absolute atomic E-state index is 13.2.